The van der Waals surface area contributed by atoms with Crippen LogP contribution in [0.5, 0.6) is 11.5 Å². The van der Waals surface area contributed by atoms with Gasteiger partial charge >= 0.3 is 0 Å². The van der Waals surface area contributed by atoms with Gasteiger partial charge in [-0.25, -0.2) is 0 Å². The first-order valence-corrected chi connectivity index (χ1v) is 6.11. The summed E-state index contributed by atoms with van der Waals surface area (Å²) in [5, 5.41) is 11.6. The Morgan fingerprint density at radius 3 is 2.37 bits per heavy atom. The molecule has 0 saturated carbocycles. The third-order valence-electron chi connectivity index (χ3n) is 2.49. The van der Waals surface area contributed by atoms with Crippen molar-refractivity contribution in [1.82, 2.24) is 0 Å². The van der Waals surface area contributed by atoms with Crippen LogP contribution in [0.25, 0.3) is 0 Å². The summed E-state index contributed by atoms with van der Waals surface area (Å²) >= 11 is 11.7. The molecule has 0 aliphatic carbocycles. The third-order valence-corrected chi connectivity index (χ3v) is 3.04. The maximum Gasteiger partial charge on any atom is 0.274 e. The molecule has 6 heteroatoms. The zero-order valence-corrected chi connectivity index (χ0v) is 11.4. The molecule has 0 bridgehead atoms. The molecule has 0 amide bonds. The summed E-state index contributed by atoms with van der Waals surface area (Å²) < 4.78 is 5.57. The summed E-state index contributed by atoms with van der Waals surface area (Å²) in [4.78, 5) is 10.3. The molecule has 4 nitrogen and oxygen atoms in total. The summed E-state index contributed by atoms with van der Waals surface area (Å²) in [7, 11) is 0. The van der Waals surface area contributed by atoms with Gasteiger partial charge < -0.3 is 4.74 Å². The maximum absolute atomic E-state index is 10.8. The minimum Gasteiger partial charge on any atom is -0.456 e. The second kappa shape index (κ2) is 5.47. The highest BCUT2D eigenvalue weighted by molar-refractivity contribution is 6.32. The number of nitro groups is 1. The van der Waals surface area contributed by atoms with E-state index in [0.29, 0.717) is 22.1 Å². The molecule has 0 atom stereocenters. The number of aryl methyl sites for hydroxylation is 1. The van der Waals surface area contributed by atoms with Gasteiger partial charge in [-0.1, -0.05) is 23.2 Å². The number of hydrogen-bond acceptors (Lipinski definition) is 3. The number of benzene rings is 2. The van der Waals surface area contributed by atoms with Crippen molar-refractivity contribution in [2.75, 3.05) is 0 Å². The lowest BCUT2D eigenvalue weighted by molar-refractivity contribution is -0.385. The predicted molar refractivity (Wildman–Crippen MR) is 74.4 cm³/mol. The van der Waals surface area contributed by atoms with E-state index in [4.69, 9.17) is 27.9 Å². The zero-order valence-electron chi connectivity index (χ0n) is 9.89. The van der Waals surface area contributed by atoms with Crippen LogP contribution in [0.2, 0.25) is 10.0 Å². The van der Waals surface area contributed by atoms with E-state index in [1.165, 1.54) is 12.1 Å². The van der Waals surface area contributed by atoms with Gasteiger partial charge in [0, 0.05) is 16.7 Å². The SMILES string of the molecule is Cc1cc(Oc2ccc(Cl)cc2)c(Cl)cc1[N+](=O)[O-]. The minimum atomic E-state index is -0.479. The topological polar surface area (TPSA) is 52.4 Å². The maximum atomic E-state index is 10.8. The summed E-state index contributed by atoms with van der Waals surface area (Å²) in [6, 6.07) is 9.56. The largest absolute Gasteiger partial charge is 0.456 e. The molecule has 2 aromatic carbocycles. The van der Waals surface area contributed by atoms with Crippen LogP contribution in [-0.4, -0.2) is 4.92 Å². The van der Waals surface area contributed by atoms with E-state index in [1.807, 2.05) is 0 Å². The van der Waals surface area contributed by atoms with Crippen molar-refractivity contribution in [2.45, 2.75) is 6.92 Å². The van der Waals surface area contributed by atoms with E-state index in [-0.39, 0.29) is 10.7 Å². The van der Waals surface area contributed by atoms with Gasteiger partial charge in [-0.15, -0.1) is 0 Å². The molecule has 0 aliphatic heterocycles. The fourth-order valence-electron chi connectivity index (χ4n) is 1.55. The van der Waals surface area contributed by atoms with Crippen molar-refractivity contribution in [3.8, 4) is 11.5 Å². The standard InChI is InChI=1S/C13H9Cl2NO3/c1-8-6-13(11(15)7-12(8)16(17)18)19-10-4-2-9(14)3-5-10/h2-7H,1H3. The number of nitrogens with zero attached hydrogens (tertiary/aromatic N) is 1. The number of hydrogen-bond donors (Lipinski definition) is 0. The molecule has 2 rings (SSSR count). The summed E-state index contributed by atoms with van der Waals surface area (Å²) in [5.41, 5.74) is 0.451. The predicted octanol–water partition coefficient (Wildman–Crippen LogP) is 5.00. The first-order chi connectivity index (χ1) is 8.97. The van der Waals surface area contributed by atoms with Gasteiger partial charge in [0.1, 0.15) is 11.5 Å². The van der Waals surface area contributed by atoms with E-state index >= 15 is 0 Å². The number of nitro benzene ring substituents is 1. The van der Waals surface area contributed by atoms with Gasteiger partial charge in [-0.05, 0) is 37.3 Å². The van der Waals surface area contributed by atoms with Crippen molar-refractivity contribution in [3.63, 3.8) is 0 Å². The van der Waals surface area contributed by atoms with Crippen molar-refractivity contribution in [2.24, 2.45) is 0 Å². The third kappa shape index (κ3) is 3.16. The van der Waals surface area contributed by atoms with Crippen molar-refractivity contribution < 1.29 is 9.66 Å². The zero-order chi connectivity index (χ0) is 14.0. The quantitative estimate of drug-likeness (QED) is 0.591. The van der Waals surface area contributed by atoms with Crippen LogP contribution in [-0.2, 0) is 0 Å². The molecule has 0 N–H and O–H groups in total. The molecule has 0 aliphatic rings. The van der Waals surface area contributed by atoms with Gasteiger partial charge in [0.25, 0.3) is 5.69 Å². The van der Waals surface area contributed by atoms with E-state index < -0.39 is 4.92 Å². The molecule has 2 aromatic rings. The first-order valence-electron chi connectivity index (χ1n) is 5.35. The van der Waals surface area contributed by atoms with Crippen LogP contribution >= 0.6 is 23.2 Å². The summed E-state index contributed by atoms with van der Waals surface area (Å²) in [6.45, 7) is 1.63. The number of rotatable bonds is 3. The van der Waals surface area contributed by atoms with Crippen molar-refractivity contribution in [3.05, 3.63) is 62.1 Å². The van der Waals surface area contributed by atoms with E-state index in [2.05, 4.69) is 0 Å². The molecular weight excluding hydrogens is 289 g/mol. The van der Waals surface area contributed by atoms with Gasteiger partial charge in [0.15, 0.2) is 0 Å². The Kier molecular flexibility index (Phi) is 3.93. The van der Waals surface area contributed by atoms with Crippen LogP contribution in [0.3, 0.4) is 0 Å². The Balaban J connectivity index is 2.33. The monoisotopic (exact) mass is 297 g/mol. The summed E-state index contributed by atoms with van der Waals surface area (Å²) in [6.07, 6.45) is 0. The van der Waals surface area contributed by atoms with Crippen LogP contribution in [0, 0.1) is 17.0 Å². The Morgan fingerprint density at radius 1 is 1.16 bits per heavy atom. The van der Waals surface area contributed by atoms with Crippen LogP contribution in [0.4, 0.5) is 5.69 Å². The fraction of sp³-hybridized carbons (Fsp3) is 0.0769. The second-order valence-electron chi connectivity index (χ2n) is 3.88. The molecular formula is C13H9Cl2NO3. The minimum absolute atomic E-state index is 0.0338. The van der Waals surface area contributed by atoms with Crippen LogP contribution < -0.4 is 4.74 Å². The first kappa shape index (κ1) is 13.6. The van der Waals surface area contributed by atoms with Crippen molar-refractivity contribution in [1.29, 1.82) is 0 Å². The number of ether oxygens (including phenoxy) is 1. The van der Waals surface area contributed by atoms with Gasteiger partial charge in [-0.3, -0.25) is 10.1 Å². The summed E-state index contributed by atoms with van der Waals surface area (Å²) in [5.74, 6) is 0.923. The highest BCUT2D eigenvalue weighted by Gasteiger charge is 2.15. The highest BCUT2D eigenvalue weighted by atomic mass is 35.5. The van der Waals surface area contributed by atoms with Crippen LogP contribution in [0.15, 0.2) is 36.4 Å². The molecule has 0 saturated heterocycles. The Morgan fingerprint density at radius 2 is 1.79 bits per heavy atom. The van der Waals surface area contributed by atoms with E-state index in [1.54, 1.807) is 31.2 Å². The van der Waals surface area contributed by atoms with Gasteiger partial charge in [-0.2, -0.15) is 0 Å². The average Bonchev–Trinajstić information content (AvgIpc) is 2.35. The molecule has 19 heavy (non-hydrogen) atoms. The molecule has 98 valence electrons. The molecule has 0 aromatic heterocycles. The molecule has 0 fully saturated rings. The molecule has 0 heterocycles. The lowest BCUT2D eigenvalue weighted by atomic mass is 10.2. The normalized spacial score (nSPS) is 10.3. The van der Waals surface area contributed by atoms with Gasteiger partial charge in [0.05, 0.1) is 9.95 Å². The highest BCUT2D eigenvalue weighted by Crippen LogP contribution is 2.35. The molecule has 0 unspecified atom stereocenters. The Labute approximate surface area is 119 Å². The second-order valence-corrected chi connectivity index (χ2v) is 4.73. The lowest BCUT2D eigenvalue weighted by Gasteiger charge is -2.08. The average molecular weight is 298 g/mol. The Hall–Kier alpha value is -1.78. The van der Waals surface area contributed by atoms with Gasteiger partial charge in [0.2, 0.25) is 0 Å². The number of halogens is 2. The van der Waals surface area contributed by atoms with E-state index in [9.17, 15) is 10.1 Å². The van der Waals surface area contributed by atoms with Crippen LogP contribution in [0.1, 0.15) is 5.56 Å². The fourth-order valence-corrected chi connectivity index (χ4v) is 1.87. The molecule has 0 radical (unpaired) electrons. The van der Waals surface area contributed by atoms with Crippen molar-refractivity contribution >= 4 is 28.9 Å². The Bertz CT molecular complexity index is 627. The smallest absolute Gasteiger partial charge is 0.274 e. The molecule has 0 spiro atoms. The lowest BCUT2D eigenvalue weighted by Crippen LogP contribution is -1.93. The van der Waals surface area contributed by atoms with E-state index in [0.717, 1.165) is 0 Å².